The summed E-state index contributed by atoms with van der Waals surface area (Å²) in [5.41, 5.74) is 3.29. The van der Waals surface area contributed by atoms with Crippen molar-refractivity contribution in [3.63, 3.8) is 0 Å². The summed E-state index contributed by atoms with van der Waals surface area (Å²) in [6, 6.07) is 9.11. The van der Waals surface area contributed by atoms with Crippen LogP contribution in [0.4, 0.5) is 0 Å². The van der Waals surface area contributed by atoms with Crippen molar-refractivity contribution in [3.05, 3.63) is 35.4 Å². The molecule has 16 heavy (non-hydrogen) atoms. The number of unbranched alkanes of at least 4 members (excludes halogenated alkanes) is 1. The lowest BCUT2D eigenvalue weighted by atomic mass is 9.88. The van der Waals surface area contributed by atoms with Crippen molar-refractivity contribution < 1.29 is 0 Å². The molecular formula is C15H24S. The number of rotatable bonds is 5. The lowest BCUT2D eigenvalue weighted by molar-refractivity contribution is 0.411. The van der Waals surface area contributed by atoms with E-state index >= 15 is 0 Å². The smallest absolute Gasteiger partial charge is 0.00978 e. The highest BCUT2D eigenvalue weighted by atomic mass is 32.1. The molecule has 0 saturated heterocycles. The molecule has 0 aliphatic carbocycles. The van der Waals surface area contributed by atoms with Gasteiger partial charge in [0.05, 0.1) is 0 Å². The molecule has 0 aromatic heterocycles. The van der Waals surface area contributed by atoms with Gasteiger partial charge in [-0.1, -0.05) is 45.0 Å². The van der Waals surface area contributed by atoms with Crippen LogP contribution in [-0.4, -0.2) is 5.75 Å². The lowest BCUT2D eigenvalue weighted by Crippen LogP contribution is -2.08. The first-order valence-corrected chi connectivity index (χ1v) is 6.83. The Kier molecular flexibility index (Phi) is 5.40. The van der Waals surface area contributed by atoms with E-state index in [9.17, 15) is 0 Å². The van der Waals surface area contributed by atoms with Crippen LogP contribution >= 0.6 is 12.6 Å². The monoisotopic (exact) mass is 236 g/mol. The van der Waals surface area contributed by atoms with Crippen LogP contribution in [0.2, 0.25) is 0 Å². The molecule has 1 heteroatoms. The molecule has 0 radical (unpaired) electrons. The molecule has 0 unspecified atom stereocenters. The van der Waals surface area contributed by atoms with Gasteiger partial charge < -0.3 is 0 Å². The van der Waals surface area contributed by atoms with E-state index < -0.39 is 0 Å². The third kappa shape index (κ3) is 5.60. The first-order valence-electron chi connectivity index (χ1n) is 6.20. The maximum absolute atomic E-state index is 4.23. The molecule has 0 nitrogen and oxygen atoms in total. The Morgan fingerprint density at radius 3 is 2.00 bits per heavy atom. The van der Waals surface area contributed by atoms with Gasteiger partial charge in [0, 0.05) is 0 Å². The summed E-state index contributed by atoms with van der Waals surface area (Å²) >= 11 is 4.23. The number of hydrogen-bond donors (Lipinski definition) is 1. The molecule has 0 heterocycles. The molecular weight excluding hydrogens is 212 g/mol. The average Bonchev–Trinajstić information content (AvgIpc) is 2.19. The molecule has 0 aliphatic heterocycles. The minimum atomic E-state index is 0.382. The van der Waals surface area contributed by atoms with Crippen molar-refractivity contribution in [2.45, 2.75) is 46.5 Å². The maximum Gasteiger partial charge on any atom is -0.00978 e. The van der Waals surface area contributed by atoms with E-state index in [2.05, 4.69) is 57.7 Å². The van der Waals surface area contributed by atoms with E-state index in [0.29, 0.717) is 5.41 Å². The van der Waals surface area contributed by atoms with Crippen LogP contribution in [0, 0.1) is 5.41 Å². The highest BCUT2D eigenvalue weighted by molar-refractivity contribution is 7.80. The van der Waals surface area contributed by atoms with Crippen LogP contribution in [0.15, 0.2) is 24.3 Å². The highest BCUT2D eigenvalue weighted by Crippen LogP contribution is 2.20. The topological polar surface area (TPSA) is 0 Å². The van der Waals surface area contributed by atoms with Crippen LogP contribution in [0.25, 0.3) is 0 Å². The van der Waals surface area contributed by atoms with Crippen molar-refractivity contribution in [3.8, 4) is 0 Å². The van der Waals surface area contributed by atoms with Gasteiger partial charge in [0.15, 0.2) is 0 Å². The normalized spacial score (nSPS) is 11.8. The van der Waals surface area contributed by atoms with E-state index in [1.54, 1.807) is 0 Å². The summed E-state index contributed by atoms with van der Waals surface area (Å²) in [6.45, 7) is 6.86. The predicted octanol–water partition coefficient (Wildman–Crippen LogP) is 4.53. The van der Waals surface area contributed by atoms with Crippen LogP contribution in [0.3, 0.4) is 0 Å². The molecule has 1 aromatic rings. The van der Waals surface area contributed by atoms with Crippen LogP contribution in [0.5, 0.6) is 0 Å². The highest BCUT2D eigenvalue weighted by Gasteiger charge is 2.10. The summed E-state index contributed by atoms with van der Waals surface area (Å²) in [7, 11) is 0. The molecule has 0 amide bonds. The molecule has 0 fully saturated rings. The fourth-order valence-corrected chi connectivity index (χ4v) is 2.10. The molecule has 0 saturated carbocycles. The van der Waals surface area contributed by atoms with Crippen LogP contribution in [0.1, 0.15) is 44.7 Å². The predicted molar refractivity (Wildman–Crippen MR) is 76.4 cm³/mol. The zero-order valence-corrected chi connectivity index (χ0v) is 11.7. The van der Waals surface area contributed by atoms with Gasteiger partial charge in [-0.15, -0.1) is 0 Å². The fourth-order valence-electron chi connectivity index (χ4n) is 1.88. The Bertz CT molecular complexity index is 292. The summed E-state index contributed by atoms with van der Waals surface area (Å²) in [5, 5.41) is 0. The van der Waals surface area contributed by atoms with Gasteiger partial charge >= 0.3 is 0 Å². The second-order valence-electron chi connectivity index (χ2n) is 5.73. The lowest BCUT2D eigenvalue weighted by Gasteiger charge is -2.18. The Hall–Kier alpha value is -0.430. The fraction of sp³-hybridized carbons (Fsp3) is 0.600. The summed E-state index contributed by atoms with van der Waals surface area (Å²) < 4.78 is 0. The second-order valence-corrected chi connectivity index (χ2v) is 6.18. The number of hydrogen-bond acceptors (Lipinski definition) is 1. The van der Waals surface area contributed by atoms with Gasteiger partial charge in [0.1, 0.15) is 0 Å². The van der Waals surface area contributed by atoms with Crippen LogP contribution < -0.4 is 0 Å². The maximum atomic E-state index is 4.23. The van der Waals surface area contributed by atoms with Crippen molar-refractivity contribution in [1.29, 1.82) is 0 Å². The standard InChI is InChI=1S/C15H24S/c1-15(2,3)12-14-9-7-13(8-10-14)6-4-5-11-16/h7-10,16H,4-6,11-12H2,1-3H3. The Balaban J connectivity index is 2.48. The third-order valence-electron chi connectivity index (χ3n) is 2.63. The van der Waals surface area contributed by atoms with Crippen molar-refractivity contribution in [1.82, 2.24) is 0 Å². The molecule has 0 N–H and O–H groups in total. The summed E-state index contributed by atoms with van der Waals surface area (Å²) in [5.74, 6) is 1.00. The van der Waals surface area contributed by atoms with E-state index in [1.807, 2.05) is 0 Å². The van der Waals surface area contributed by atoms with Crippen LogP contribution in [-0.2, 0) is 12.8 Å². The van der Waals surface area contributed by atoms with Gasteiger partial charge in [-0.3, -0.25) is 0 Å². The Labute approximate surface area is 106 Å². The molecule has 0 atom stereocenters. The zero-order chi connectivity index (χ0) is 12.0. The SMILES string of the molecule is CC(C)(C)Cc1ccc(CCCCS)cc1. The largest absolute Gasteiger partial charge is 0.179 e. The average molecular weight is 236 g/mol. The van der Waals surface area contributed by atoms with Gasteiger partial charge in [0.2, 0.25) is 0 Å². The molecule has 1 rings (SSSR count). The molecule has 1 aromatic carbocycles. The van der Waals surface area contributed by atoms with Crippen molar-refractivity contribution in [2.24, 2.45) is 5.41 Å². The Morgan fingerprint density at radius 2 is 1.50 bits per heavy atom. The number of aryl methyl sites for hydroxylation is 1. The first-order chi connectivity index (χ1) is 7.51. The number of benzene rings is 1. The van der Waals surface area contributed by atoms with E-state index in [0.717, 1.165) is 12.2 Å². The first kappa shape index (κ1) is 13.6. The van der Waals surface area contributed by atoms with E-state index in [4.69, 9.17) is 0 Å². The Morgan fingerprint density at radius 1 is 0.938 bits per heavy atom. The van der Waals surface area contributed by atoms with Crippen molar-refractivity contribution in [2.75, 3.05) is 5.75 Å². The summed E-state index contributed by atoms with van der Waals surface area (Å²) in [6.07, 6.45) is 4.81. The van der Waals surface area contributed by atoms with E-state index in [-0.39, 0.29) is 0 Å². The minimum absolute atomic E-state index is 0.382. The molecule has 0 aliphatic rings. The zero-order valence-electron chi connectivity index (χ0n) is 10.8. The third-order valence-corrected chi connectivity index (χ3v) is 2.95. The van der Waals surface area contributed by atoms with Gasteiger partial charge in [-0.25, -0.2) is 0 Å². The molecule has 0 spiro atoms. The molecule has 90 valence electrons. The quantitative estimate of drug-likeness (QED) is 0.563. The molecule has 0 bridgehead atoms. The minimum Gasteiger partial charge on any atom is -0.179 e. The van der Waals surface area contributed by atoms with Crippen molar-refractivity contribution >= 4 is 12.6 Å². The van der Waals surface area contributed by atoms with Gasteiger partial charge in [-0.05, 0) is 48.0 Å². The second kappa shape index (κ2) is 6.34. The van der Waals surface area contributed by atoms with Gasteiger partial charge in [0.25, 0.3) is 0 Å². The summed E-state index contributed by atoms with van der Waals surface area (Å²) in [4.78, 5) is 0. The number of thiol groups is 1. The van der Waals surface area contributed by atoms with Gasteiger partial charge in [-0.2, -0.15) is 12.6 Å². The van der Waals surface area contributed by atoms with E-state index in [1.165, 1.54) is 30.4 Å².